The molecule has 0 amide bonds. The molecule has 0 saturated carbocycles. The number of carbonyl (C=O) groups is 2. The zero-order chi connectivity index (χ0) is 15.7. The van der Waals surface area contributed by atoms with Crippen LogP contribution in [0.15, 0.2) is 18.2 Å². The molecule has 116 valence electrons. The Hall–Kier alpha value is -2.04. The highest BCUT2D eigenvalue weighted by Crippen LogP contribution is 2.28. The van der Waals surface area contributed by atoms with Crippen LogP contribution in [0.4, 0.5) is 0 Å². The third-order valence-corrected chi connectivity index (χ3v) is 3.02. The molecule has 0 atom stereocenters. The zero-order valence-electron chi connectivity index (χ0n) is 12.8. The minimum absolute atomic E-state index is 0.0941. The molecule has 0 fully saturated rings. The highest BCUT2D eigenvalue weighted by atomic mass is 16.5. The molecule has 1 aromatic carbocycles. The molecule has 0 aromatic heterocycles. The Kier molecular flexibility index (Phi) is 7.29. The molecule has 0 aliphatic heterocycles. The standard InChI is InChI=1S/C16H22O5/c1-4-5-10-21-16(18)9-7-13(17)12-6-8-14(19-2)15(11-12)20-3/h6,8,11H,4-5,7,9-10H2,1-3H3. The van der Waals surface area contributed by atoms with Crippen LogP contribution in [0.25, 0.3) is 0 Å². The SMILES string of the molecule is CCCCOC(=O)CCC(=O)c1ccc(OC)c(OC)c1. The van der Waals surface area contributed by atoms with Gasteiger partial charge in [0, 0.05) is 12.0 Å². The molecule has 21 heavy (non-hydrogen) atoms. The molecule has 0 bridgehead atoms. The lowest BCUT2D eigenvalue weighted by Crippen LogP contribution is -2.09. The predicted molar refractivity (Wildman–Crippen MR) is 79.0 cm³/mol. The molecule has 0 radical (unpaired) electrons. The zero-order valence-corrected chi connectivity index (χ0v) is 12.8. The highest BCUT2D eigenvalue weighted by Gasteiger charge is 2.13. The van der Waals surface area contributed by atoms with Crippen molar-refractivity contribution in [2.45, 2.75) is 32.6 Å². The van der Waals surface area contributed by atoms with Crippen molar-refractivity contribution in [2.75, 3.05) is 20.8 Å². The first-order chi connectivity index (χ1) is 10.1. The topological polar surface area (TPSA) is 61.8 Å². The monoisotopic (exact) mass is 294 g/mol. The molecular weight excluding hydrogens is 272 g/mol. The molecule has 0 heterocycles. The van der Waals surface area contributed by atoms with Gasteiger partial charge in [-0.1, -0.05) is 13.3 Å². The first-order valence-electron chi connectivity index (χ1n) is 7.03. The van der Waals surface area contributed by atoms with Crippen molar-refractivity contribution < 1.29 is 23.8 Å². The van der Waals surface area contributed by atoms with Crippen molar-refractivity contribution in [3.63, 3.8) is 0 Å². The Labute approximate surface area is 125 Å². The maximum absolute atomic E-state index is 12.0. The van der Waals surface area contributed by atoms with Crippen molar-refractivity contribution in [3.8, 4) is 11.5 Å². The van der Waals surface area contributed by atoms with Crippen LogP contribution in [0.5, 0.6) is 11.5 Å². The minimum Gasteiger partial charge on any atom is -0.493 e. The fourth-order valence-electron chi connectivity index (χ4n) is 1.77. The number of Topliss-reactive ketones (excluding diaryl/α,β-unsaturated/α-hetero) is 1. The van der Waals surface area contributed by atoms with Crippen LogP contribution in [0.1, 0.15) is 43.0 Å². The summed E-state index contributed by atoms with van der Waals surface area (Å²) in [6.07, 6.45) is 2.03. The van der Waals surface area contributed by atoms with Crippen LogP contribution in [0.2, 0.25) is 0 Å². The van der Waals surface area contributed by atoms with Crippen LogP contribution < -0.4 is 9.47 Å². The van der Waals surface area contributed by atoms with E-state index in [1.807, 2.05) is 6.92 Å². The molecule has 5 nitrogen and oxygen atoms in total. The number of methoxy groups -OCH3 is 2. The minimum atomic E-state index is -0.336. The largest absolute Gasteiger partial charge is 0.493 e. The third-order valence-electron chi connectivity index (χ3n) is 3.02. The Morgan fingerprint density at radius 2 is 1.76 bits per heavy atom. The maximum Gasteiger partial charge on any atom is 0.306 e. The van der Waals surface area contributed by atoms with Gasteiger partial charge in [0.05, 0.1) is 27.2 Å². The summed E-state index contributed by atoms with van der Waals surface area (Å²) in [6, 6.07) is 4.95. The lowest BCUT2D eigenvalue weighted by molar-refractivity contribution is -0.143. The second-order valence-electron chi connectivity index (χ2n) is 4.57. The fourth-order valence-corrected chi connectivity index (χ4v) is 1.77. The fraction of sp³-hybridized carbons (Fsp3) is 0.500. The smallest absolute Gasteiger partial charge is 0.306 e. The Balaban J connectivity index is 2.54. The number of hydrogen-bond acceptors (Lipinski definition) is 5. The summed E-state index contributed by atoms with van der Waals surface area (Å²) in [5.41, 5.74) is 0.494. The molecule has 0 saturated heterocycles. The third kappa shape index (κ3) is 5.45. The van der Waals surface area contributed by atoms with Gasteiger partial charge in [-0.3, -0.25) is 9.59 Å². The lowest BCUT2D eigenvalue weighted by atomic mass is 10.1. The molecule has 0 N–H and O–H groups in total. The van der Waals surface area contributed by atoms with Gasteiger partial charge in [-0.2, -0.15) is 0 Å². The van der Waals surface area contributed by atoms with E-state index < -0.39 is 0 Å². The quantitative estimate of drug-likeness (QED) is 0.398. The lowest BCUT2D eigenvalue weighted by Gasteiger charge is -2.09. The number of rotatable bonds is 9. The first-order valence-corrected chi connectivity index (χ1v) is 7.03. The maximum atomic E-state index is 12.0. The summed E-state index contributed by atoms with van der Waals surface area (Å²) in [5.74, 6) is 0.600. The van der Waals surface area contributed by atoms with Crippen LogP contribution in [0.3, 0.4) is 0 Å². The van der Waals surface area contributed by atoms with E-state index in [-0.39, 0.29) is 24.6 Å². The van der Waals surface area contributed by atoms with E-state index in [0.717, 1.165) is 12.8 Å². The Morgan fingerprint density at radius 1 is 1.05 bits per heavy atom. The van der Waals surface area contributed by atoms with Crippen LogP contribution >= 0.6 is 0 Å². The molecular formula is C16H22O5. The van der Waals surface area contributed by atoms with Gasteiger partial charge in [0.15, 0.2) is 17.3 Å². The number of hydrogen-bond donors (Lipinski definition) is 0. The highest BCUT2D eigenvalue weighted by molar-refractivity contribution is 5.98. The molecule has 0 aliphatic rings. The van der Waals surface area contributed by atoms with E-state index >= 15 is 0 Å². The van der Waals surface area contributed by atoms with Crippen molar-refractivity contribution in [3.05, 3.63) is 23.8 Å². The van der Waals surface area contributed by atoms with Gasteiger partial charge in [-0.15, -0.1) is 0 Å². The van der Waals surface area contributed by atoms with E-state index in [1.165, 1.54) is 14.2 Å². The molecule has 0 spiro atoms. The molecule has 0 unspecified atom stereocenters. The number of unbranched alkanes of at least 4 members (excludes halogenated alkanes) is 1. The first kappa shape index (κ1) is 17.0. The molecule has 0 aliphatic carbocycles. The average Bonchev–Trinajstić information content (AvgIpc) is 2.52. The predicted octanol–water partition coefficient (Wildman–Crippen LogP) is 3.01. The summed E-state index contributed by atoms with van der Waals surface area (Å²) in [5, 5.41) is 0. The van der Waals surface area contributed by atoms with Gasteiger partial charge in [0.1, 0.15) is 0 Å². The number of benzene rings is 1. The summed E-state index contributed by atoms with van der Waals surface area (Å²) in [4.78, 5) is 23.5. The Morgan fingerprint density at radius 3 is 2.38 bits per heavy atom. The van der Waals surface area contributed by atoms with Gasteiger partial charge in [0.2, 0.25) is 0 Å². The molecule has 1 aromatic rings. The van der Waals surface area contributed by atoms with Crippen molar-refractivity contribution in [1.82, 2.24) is 0 Å². The van der Waals surface area contributed by atoms with Gasteiger partial charge in [-0.05, 0) is 24.6 Å². The second kappa shape index (κ2) is 9.00. The van der Waals surface area contributed by atoms with E-state index in [4.69, 9.17) is 14.2 Å². The van der Waals surface area contributed by atoms with Gasteiger partial charge < -0.3 is 14.2 Å². The van der Waals surface area contributed by atoms with Gasteiger partial charge in [-0.25, -0.2) is 0 Å². The van der Waals surface area contributed by atoms with E-state index in [1.54, 1.807) is 18.2 Å². The van der Waals surface area contributed by atoms with Crippen molar-refractivity contribution in [2.24, 2.45) is 0 Å². The summed E-state index contributed by atoms with van der Waals surface area (Å²) >= 11 is 0. The van der Waals surface area contributed by atoms with Gasteiger partial charge in [0.25, 0.3) is 0 Å². The van der Waals surface area contributed by atoms with E-state index in [0.29, 0.717) is 23.7 Å². The summed E-state index contributed by atoms with van der Waals surface area (Å²) in [7, 11) is 3.04. The number of ketones is 1. The second-order valence-corrected chi connectivity index (χ2v) is 4.57. The molecule has 5 heteroatoms. The van der Waals surface area contributed by atoms with E-state index in [9.17, 15) is 9.59 Å². The van der Waals surface area contributed by atoms with Crippen molar-refractivity contribution >= 4 is 11.8 Å². The van der Waals surface area contributed by atoms with Crippen molar-refractivity contribution in [1.29, 1.82) is 0 Å². The van der Waals surface area contributed by atoms with Gasteiger partial charge >= 0.3 is 5.97 Å². The summed E-state index contributed by atoms with van der Waals surface area (Å²) < 4.78 is 15.3. The summed E-state index contributed by atoms with van der Waals surface area (Å²) in [6.45, 7) is 2.44. The average molecular weight is 294 g/mol. The number of carbonyl (C=O) groups excluding carboxylic acids is 2. The number of esters is 1. The number of ether oxygens (including phenoxy) is 3. The van der Waals surface area contributed by atoms with E-state index in [2.05, 4.69) is 0 Å². The molecule has 1 rings (SSSR count). The van der Waals surface area contributed by atoms with Crippen LogP contribution in [-0.2, 0) is 9.53 Å². The Bertz CT molecular complexity index is 482. The van der Waals surface area contributed by atoms with Crippen LogP contribution in [0, 0.1) is 0 Å². The normalized spacial score (nSPS) is 10.0. The van der Waals surface area contributed by atoms with Crippen LogP contribution in [-0.4, -0.2) is 32.6 Å².